The van der Waals surface area contributed by atoms with Gasteiger partial charge in [0.25, 0.3) is 10.0 Å². The molecule has 140 valence electrons. The second kappa shape index (κ2) is 9.17. The number of hydrogen-bond acceptors (Lipinski definition) is 5. The van der Waals surface area contributed by atoms with Gasteiger partial charge in [0.1, 0.15) is 11.9 Å². The van der Waals surface area contributed by atoms with Gasteiger partial charge < -0.3 is 11.1 Å². The molecule has 1 unspecified atom stereocenters. The maximum atomic E-state index is 12.4. The van der Waals surface area contributed by atoms with Crippen molar-refractivity contribution in [3.05, 3.63) is 29.8 Å². The molecule has 0 saturated heterocycles. The number of carbonyl (C=O) groups excluding carboxylic acids is 1. The number of amides is 1. The predicted molar refractivity (Wildman–Crippen MR) is 100 cm³/mol. The molecule has 1 aliphatic rings. The number of rotatable bonds is 7. The van der Waals surface area contributed by atoms with Crippen molar-refractivity contribution in [2.24, 2.45) is 16.6 Å². The molecule has 0 radical (unpaired) electrons. The zero-order valence-corrected chi connectivity index (χ0v) is 16.0. The van der Waals surface area contributed by atoms with Crippen LogP contribution < -0.4 is 15.8 Å². The van der Waals surface area contributed by atoms with E-state index in [1.807, 2.05) is 13.8 Å². The number of nitrogens with one attached hydrogen (secondary N) is 2. The van der Waals surface area contributed by atoms with Crippen LogP contribution in [-0.2, 0) is 14.8 Å². The summed E-state index contributed by atoms with van der Waals surface area (Å²) in [5, 5.41) is 2.80. The number of halogens is 1. The van der Waals surface area contributed by atoms with E-state index in [4.69, 9.17) is 5.73 Å². The van der Waals surface area contributed by atoms with Crippen LogP contribution in [0.1, 0.15) is 32.3 Å². The van der Waals surface area contributed by atoms with Gasteiger partial charge in [-0.1, -0.05) is 26.0 Å². The number of nitrogens with zero attached hydrogens (tertiary/aromatic N) is 1. The number of nitrogens with two attached hydrogens (primary N) is 1. The molecule has 7 nitrogen and oxygen atoms in total. The summed E-state index contributed by atoms with van der Waals surface area (Å²) in [6.45, 7) is 4.97. The molecule has 9 heteroatoms. The van der Waals surface area contributed by atoms with Crippen LogP contribution in [0.2, 0.25) is 0 Å². The van der Waals surface area contributed by atoms with Crippen LogP contribution >= 0.6 is 12.4 Å². The maximum absolute atomic E-state index is 12.4. The lowest BCUT2D eigenvalue weighted by Gasteiger charge is -2.16. The van der Waals surface area contributed by atoms with Gasteiger partial charge in [0.05, 0.1) is 4.90 Å². The topological polar surface area (TPSA) is 114 Å². The Hall–Kier alpha value is -1.64. The first-order valence-electron chi connectivity index (χ1n) is 8.03. The highest BCUT2D eigenvalue weighted by Gasteiger charge is 2.31. The first-order valence-corrected chi connectivity index (χ1v) is 9.51. The number of hydrogen-bond donors (Lipinski definition) is 3. The van der Waals surface area contributed by atoms with Gasteiger partial charge in [-0.3, -0.25) is 14.5 Å². The zero-order valence-electron chi connectivity index (χ0n) is 14.4. The van der Waals surface area contributed by atoms with Crippen LogP contribution in [0.3, 0.4) is 0 Å². The van der Waals surface area contributed by atoms with Crippen LogP contribution in [-0.4, -0.2) is 39.3 Å². The van der Waals surface area contributed by atoms with Crippen molar-refractivity contribution in [3.8, 4) is 0 Å². The predicted octanol–water partition coefficient (Wildman–Crippen LogP) is 1.03. The number of amidine groups is 1. The fourth-order valence-corrected chi connectivity index (χ4v) is 3.72. The van der Waals surface area contributed by atoms with Crippen LogP contribution in [0.25, 0.3) is 0 Å². The van der Waals surface area contributed by atoms with Crippen molar-refractivity contribution < 1.29 is 13.2 Å². The fraction of sp³-hybridized carbons (Fsp3) is 0.500. The third kappa shape index (κ3) is 5.42. The maximum Gasteiger partial charge on any atom is 0.263 e. The third-order valence-electron chi connectivity index (χ3n) is 3.63. The van der Waals surface area contributed by atoms with E-state index in [1.165, 1.54) is 6.07 Å². The minimum atomic E-state index is -3.60. The Kier molecular flexibility index (Phi) is 7.85. The zero-order chi connectivity index (χ0) is 17.7. The lowest BCUT2D eigenvalue weighted by atomic mass is 10.0. The number of sulfonamides is 1. The lowest BCUT2D eigenvalue weighted by molar-refractivity contribution is -0.122. The molecule has 2 rings (SSSR count). The Morgan fingerprint density at radius 1 is 1.32 bits per heavy atom. The normalized spacial score (nSPS) is 17.5. The van der Waals surface area contributed by atoms with Gasteiger partial charge in [-0.2, -0.15) is 0 Å². The molecule has 1 atom stereocenters. The molecule has 0 spiro atoms. The van der Waals surface area contributed by atoms with Gasteiger partial charge in [-0.25, -0.2) is 8.42 Å². The molecule has 0 aliphatic carbocycles. The quantitative estimate of drug-likeness (QED) is 0.605. The van der Waals surface area contributed by atoms with E-state index in [1.54, 1.807) is 18.2 Å². The third-order valence-corrected chi connectivity index (χ3v) is 5.02. The monoisotopic (exact) mass is 388 g/mol. The molecule has 1 amide bonds. The SMILES string of the molecule is CC(C)CC(N=C1NS(=O)(=O)c2ccccc21)C(=O)NCCCN.Cl. The molecule has 0 fully saturated rings. The van der Waals surface area contributed by atoms with E-state index < -0.39 is 16.1 Å². The summed E-state index contributed by atoms with van der Waals surface area (Å²) in [6.07, 6.45) is 1.22. The molecule has 1 aromatic rings. The molecule has 4 N–H and O–H groups in total. The van der Waals surface area contributed by atoms with Crippen molar-refractivity contribution in [1.82, 2.24) is 10.0 Å². The highest BCUT2D eigenvalue weighted by Crippen LogP contribution is 2.23. The molecule has 0 saturated carbocycles. The van der Waals surface area contributed by atoms with E-state index in [0.717, 1.165) is 0 Å². The van der Waals surface area contributed by atoms with Crippen molar-refractivity contribution in [1.29, 1.82) is 0 Å². The van der Waals surface area contributed by atoms with Crippen LogP contribution in [0.15, 0.2) is 34.2 Å². The Morgan fingerprint density at radius 3 is 2.64 bits per heavy atom. The average Bonchev–Trinajstić information content (AvgIpc) is 2.78. The van der Waals surface area contributed by atoms with Gasteiger partial charge in [0.15, 0.2) is 0 Å². The van der Waals surface area contributed by atoms with Crippen molar-refractivity contribution >= 4 is 34.2 Å². The van der Waals surface area contributed by atoms with E-state index >= 15 is 0 Å². The molecule has 25 heavy (non-hydrogen) atoms. The minimum Gasteiger partial charge on any atom is -0.354 e. The molecular formula is C16H25ClN4O3S. The summed E-state index contributed by atoms with van der Waals surface area (Å²) in [5.41, 5.74) is 5.93. The summed E-state index contributed by atoms with van der Waals surface area (Å²) < 4.78 is 26.7. The van der Waals surface area contributed by atoms with Gasteiger partial charge in [-0.15, -0.1) is 12.4 Å². The largest absolute Gasteiger partial charge is 0.354 e. The average molecular weight is 389 g/mol. The number of fused-ring (bicyclic) bond motifs is 1. The van der Waals surface area contributed by atoms with Gasteiger partial charge in [-0.05, 0) is 37.4 Å². The minimum absolute atomic E-state index is 0. The van der Waals surface area contributed by atoms with Gasteiger partial charge in [0, 0.05) is 12.1 Å². The molecule has 0 bridgehead atoms. The molecule has 0 aromatic heterocycles. The van der Waals surface area contributed by atoms with Gasteiger partial charge in [0.2, 0.25) is 5.91 Å². The Balaban J connectivity index is 0.00000312. The highest BCUT2D eigenvalue weighted by atomic mass is 35.5. The first kappa shape index (κ1) is 21.4. The van der Waals surface area contributed by atoms with Gasteiger partial charge >= 0.3 is 0 Å². The number of carbonyl (C=O) groups is 1. The lowest BCUT2D eigenvalue weighted by Crippen LogP contribution is -2.37. The smallest absolute Gasteiger partial charge is 0.263 e. The van der Waals surface area contributed by atoms with E-state index in [9.17, 15) is 13.2 Å². The summed E-state index contributed by atoms with van der Waals surface area (Å²) in [7, 11) is -3.60. The molecular weight excluding hydrogens is 364 g/mol. The van der Waals surface area contributed by atoms with Crippen molar-refractivity contribution in [3.63, 3.8) is 0 Å². The first-order chi connectivity index (χ1) is 11.3. The van der Waals surface area contributed by atoms with E-state index in [0.29, 0.717) is 31.5 Å². The second-order valence-electron chi connectivity index (χ2n) is 6.16. The van der Waals surface area contributed by atoms with E-state index in [2.05, 4.69) is 15.0 Å². The summed E-state index contributed by atoms with van der Waals surface area (Å²) >= 11 is 0. The van der Waals surface area contributed by atoms with E-state index in [-0.39, 0.29) is 35.0 Å². The number of aliphatic imine (C=N–C) groups is 1. The summed E-state index contributed by atoms with van der Waals surface area (Å²) in [4.78, 5) is 17.0. The van der Waals surface area contributed by atoms with Crippen molar-refractivity contribution in [2.75, 3.05) is 13.1 Å². The molecule has 1 aliphatic heterocycles. The van der Waals surface area contributed by atoms with Crippen LogP contribution in [0.4, 0.5) is 0 Å². The number of benzene rings is 1. The highest BCUT2D eigenvalue weighted by molar-refractivity contribution is 7.90. The summed E-state index contributed by atoms with van der Waals surface area (Å²) in [6, 6.07) is 5.97. The second-order valence-corrected chi connectivity index (χ2v) is 7.81. The molecule has 1 aromatic carbocycles. The molecule has 1 heterocycles. The Bertz CT molecular complexity index is 735. The fourth-order valence-electron chi connectivity index (χ4n) is 2.48. The van der Waals surface area contributed by atoms with Crippen LogP contribution in [0, 0.1) is 5.92 Å². The van der Waals surface area contributed by atoms with Crippen molar-refractivity contribution in [2.45, 2.75) is 37.6 Å². The Morgan fingerprint density at radius 2 is 2.00 bits per heavy atom. The van der Waals surface area contributed by atoms with Crippen LogP contribution in [0.5, 0.6) is 0 Å². The standard InChI is InChI=1S/C16H24N4O3S.ClH/c1-11(2)10-13(16(21)18-9-5-8-17)19-15-12-6-3-4-7-14(12)24(22,23)20-15;/h3-4,6-7,11,13H,5,8-10,17H2,1-2H3,(H,18,21)(H,19,20);1H. The Labute approximate surface area is 154 Å². The summed E-state index contributed by atoms with van der Waals surface area (Å²) in [5.74, 6) is 0.256.